The van der Waals surface area contributed by atoms with E-state index in [0.29, 0.717) is 6.42 Å². The molecule has 1 unspecified atom stereocenters. The van der Waals surface area contributed by atoms with Crippen molar-refractivity contribution in [2.24, 2.45) is 0 Å². The lowest BCUT2D eigenvalue weighted by Crippen LogP contribution is -2.24. The highest BCUT2D eigenvalue weighted by Crippen LogP contribution is 2.42. The van der Waals surface area contributed by atoms with Crippen LogP contribution < -0.4 is 5.32 Å². The highest BCUT2D eigenvalue weighted by atomic mass is 32.2. The minimum atomic E-state index is -0.243. The summed E-state index contributed by atoms with van der Waals surface area (Å²) in [6.07, 6.45) is 3.29. The lowest BCUT2D eigenvalue weighted by molar-refractivity contribution is -0.115. The van der Waals surface area contributed by atoms with Gasteiger partial charge in [-0.05, 0) is 43.0 Å². The number of amides is 1. The second-order valence-electron chi connectivity index (χ2n) is 7.31. The van der Waals surface area contributed by atoms with Crippen LogP contribution in [0.5, 0.6) is 0 Å². The summed E-state index contributed by atoms with van der Waals surface area (Å²) in [5, 5.41) is 4.72. The van der Waals surface area contributed by atoms with E-state index in [1.165, 1.54) is 22.2 Å². The van der Waals surface area contributed by atoms with Gasteiger partial charge in [-0.3, -0.25) is 4.79 Å². The van der Waals surface area contributed by atoms with E-state index in [4.69, 9.17) is 0 Å². The standard InChI is InChI=1S/C25H25N3OS2/c1-4-17-11-13-19(14-12-17)28-23(29)20(5-2)31-25-22-21(18-9-7-6-8-10-18)16(3)30-24(22)26-15-27-25/h6-15,20H,4-5H2,1-3H3,(H,28,29). The number of hydrogen-bond donors (Lipinski definition) is 1. The van der Waals surface area contributed by atoms with Gasteiger partial charge in [0.2, 0.25) is 5.91 Å². The Morgan fingerprint density at radius 2 is 1.81 bits per heavy atom. The SMILES string of the molecule is CCc1ccc(NC(=O)C(CC)Sc2ncnc3sc(C)c(-c4ccccc4)c23)cc1. The Balaban J connectivity index is 1.64. The first kappa shape index (κ1) is 21.5. The molecule has 1 N–H and O–H groups in total. The number of aryl methyl sites for hydroxylation is 2. The Bertz CT molecular complexity index is 1190. The smallest absolute Gasteiger partial charge is 0.237 e. The largest absolute Gasteiger partial charge is 0.325 e. The molecule has 31 heavy (non-hydrogen) atoms. The summed E-state index contributed by atoms with van der Waals surface area (Å²) in [6, 6.07) is 18.4. The molecule has 4 nitrogen and oxygen atoms in total. The maximum absolute atomic E-state index is 13.0. The molecule has 0 bridgehead atoms. The first-order chi connectivity index (χ1) is 15.1. The third-order valence-electron chi connectivity index (χ3n) is 5.24. The molecule has 2 aromatic carbocycles. The number of fused-ring (bicyclic) bond motifs is 1. The fraction of sp³-hybridized carbons (Fsp3) is 0.240. The van der Waals surface area contributed by atoms with Gasteiger partial charge in [-0.1, -0.05) is 68.1 Å². The van der Waals surface area contributed by atoms with Crippen LogP contribution >= 0.6 is 23.1 Å². The average Bonchev–Trinajstić information content (AvgIpc) is 3.15. The number of nitrogens with zero attached hydrogens (tertiary/aromatic N) is 2. The first-order valence-electron chi connectivity index (χ1n) is 10.5. The predicted molar refractivity (Wildman–Crippen MR) is 132 cm³/mol. The molecule has 1 atom stereocenters. The Morgan fingerprint density at radius 3 is 2.48 bits per heavy atom. The Morgan fingerprint density at radius 1 is 1.06 bits per heavy atom. The third-order valence-corrected chi connectivity index (χ3v) is 7.62. The summed E-state index contributed by atoms with van der Waals surface area (Å²) in [6.45, 7) is 6.27. The Hall–Kier alpha value is -2.70. The van der Waals surface area contributed by atoms with Crippen molar-refractivity contribution in [1.82, 2.24) is 9.97 Å². The van der Waals surface area contributed by atoms with Gasteiger partial charge < -0.3 is 5.32 Å². The van der Waals surface area contributed by atoms with Gasteiger partial charge >= 0.3 is 0 Å². The van der Waals surface area contributed by atoms with Gasteiger partial charge in [-0.25, -0.2) is 9.97 Å². The van der Waals surface area contributed by atoms with E-state index in [2.05, 4.69) is 53.4 Å². The average molecular weight is 448 g/mol. The van der Waals surface area contributed by atoms with E-state index in [-0.39, 0.29) is 11.2 Å². The molecule has 158 valence electrons. The lowest BCUT2D eigenvalue weighted by atomic mass is 10.0. The zero-order valence-corrected chi connectivity index (χ0v) is 19.5. The quantitative estimate of drug-likeness (QED) is 0.252. The van der Waals surface area contributed by atoms with E-state index >= 15 is 0 Å². The zero-order chi connectivity index (χ0) is 21.8. The van der Waals surface area contributed by atoms with Crippen LogP contribution in [-0.4, -0.2) is 21.1 Å². The van der Waals surface area contributed by atoms with Crippen LogP contribution in [0.2, 0.25) is 0 Å². The zero-order valence-electron chi connectivity index (χ0n) is 17.9. The van der Waals surface area contributed by atoms with E-state index in [0.717, 1.165) is 38.5 Å². The number of carbonyl (C=O) groups excluding carboxylic acids is 1. The van der Waals surface area contributed by atoms with Crippen LogP contribution in [0, 0.1) is 6.92 Å². The van der Waals surface area contributed by atoms with Crippen LogP contribution in [0.25, 0.3) is 21.3 Å². The van der Waals surface area contributed by atoms with Crippen LogP contribution in [0.1, 0.15) is 30.7 Å². The maximum Gasteiger partial charge on any atom is 0.237 e. The molecular weight excluding hydrogens is 422 g/mol. The summed E-state index contributed by atoms with van der Waals surface area (Å²) in [5.41, 5.74) is 4.39. The van der Waals surface area contributed by atoms with Crippen molar-refractivity contribution in [2.75, 3.05) is 5.32 Å². The van der Waals surface area contributed by atoms with Gasteiger partial charge in [-0.15, -0.1) is 11.3 Å². The number of nitrogens with one attached hydrogen (secondary N) is 1. The van der Waals surface area contributed by atoms with Gasteiger partial charge in [0, 0.05) is 16.1 Å². The molecule has 0 fully saturated rings. The van der Waals surface area contributed by atoms with Gasteiger partial charge in [0.05, 0.1) is 10.6 Å². The minimum Gasteiger partial charge on any atom is -0.325 e. The van der Waals surface area contributed by atoms with Gasteiger partial charge in [0.1, 0.15) is 16.2 Å². The molecule has 0 aliphatic heterocycles. The number of hydrogen-bond acceptors (Lipinski definition) is 5. The lowest BCUT2D eigenvalue weighted by Gasteiger charge is -2.15. The number of aromatic nitrogens is 2. The molecular formula is C25H25N3OS2. The van der Waals surface area contributed by atoms with E-state index in [1.807, 2.05) is 37.3 Å². The molecule has 2 aromatic heterocycles. The van der Waals surface area contributed by atoms with Crippen LogP contribution in [0.4, 0.5) is 5.69 Å². The molecule has 4 aromatic rings. The van der Waals surface area contributed by atoms with Crippen molar-refractivity contribution in [3.8, 4) is 11.1 Å². The number of benzene rings is 2. The fourth-order valence-corrected chi connectivity index (χ4v) is 5.67. The summed E-state index contributed by atoms with van der Waals surface area (Å²) in [5.74, 6) is -0.00303. The summed E-state index contributed by atoms with van der Waals surface area (Å²) in [4.78, 5) is 24.3. The van der Waals surface area contributed by atoms with Gasteiger partial charge in [0.25, 0.3) is 0 Å². The first-order valence-corrected chi connectivity index (χ1v) is 12.2. The highest BCUT2D eigenvalue weighted by Gasteiger charge is 2.23. The molecule has 0 aliphatic rings. The summed E-state index contributed by atoms with van der Waals surface area (Å²) >= 11 is 3.19. The number of anilines is 1. The monoisotopic (exact) mass is 447 g/mol. The molecule has 2 heterocycles. The Labute approximate surface area is 191 Å². The number of carbonyl (C=O) groups is 1. The molecule has 1 amide bonds. The molecule has 4 rings (SSSR count). The Kier molecular flexibility index (Phi) is 6.68. The molecule has 0 saturated heterocycles. The number of thioether (sulfide) groups is 1. The minimum absolute atomic E-state index is 0.00303. The summed E-state index contributed by atoms with van der Waals surface area (Å²) in [7, 11) is 0. The normalized spacial score (nSPS) is 12.1. The van der Waals surface area contributed by atoms with Crippen molar-refractivity contribution in [3.63, 3.8) is 0 Å². The molecule has 0 aliphatic carbocycles. The second-order valence-corrected chi connectivity index (χ2v) is 9.71. The third kappa shape index (κ3) is 4.65. The topological polar surface area (TPSA) is 54.9 Å². The van der Waals surface area contributed by atoms with Gasteiger partial charge in [0.15, 0.2) is 0 Å². The maximum atomic E-state index is 13.0. The predicted octanol–water partition coefficient (Wildman–Crippen LogP) is 6.74. The van der Waals surface area contributed by atoms with E-state index < -0.39 is 0 Å². The molecule has 0 radical (unpaired) electrons. The second kappa shape index (κ2) is 9.62. The van der Waals surface area contributed by atoms with Crippen LogP contribution in [0.15, 0.2) is 66.0 Å². The van der Waals surface area contributed by atoms with Crippen molar-refractivity contribution in [1.29, 1.82) is 0 Å². The molecule has 0 spiro atoms. The summed E-state index contributed by atoms with van der Waals surface area (Å²) < 4.78 is 0. The van der Waals surface area contributed by atoms with Crippen LogP contribution in [0.3, 0.4) is 0 Å². The van der Waals surface area contributed by atoms with E-state index in [1.54, 1.807) is 17.7 Å². The van der Waals surface area contributed by atoms with Crippen molar-refractivity contribution < 1.29 is 4.79 Å². The van der Waals surface area contributed by atoms with E-state index in [9.17, 15) is 4.79 Å². The number of thiophene rings is 1. The van der Waals surface area contributed by atoms with Crippen molar-refractivity contribution in [2.45, 2.75) is 43.9 Å². The van der Waals surface area contributed by atoms with Crippen LogP contribution in [-0.2, 0) is 11.2 Å². The number of rotatable bonds is 7. The van der Waals surface area contributed by atoms with Crippen molar-refractivity contribution >= 4 is 44.9 Å². The van der Waals surface area contributed by atoms with Gasteiger partial charge in [-0.2, -0.15) is 0 Å². The highest BCUT2D eigenvalue weighted by molar-refractivity contribution is 8.00. The van der Waals surface area contributed by atoms with Crippen molar-refractivity contribution in [3.05, 3.63) is 71.4 Å². The molecule has 0 saturated carbocycles. The molecule has 6 heteroatoms. The fourth-order valence-electron chi connectivity index (χ4n) is 3.56.